The topological polar surface area (TPSA) is 26.8 Å². The number of aryl methyl sites for hydroxylation is 1. The van der Waals surface area contributed by atoms with E-state index in [9.17, 15) is 13.6 Å². The van der Waals surface area contributed by atoms with Gasteiger partial charge in [-0.15, -0.1) is 12.4 Å². The number of piperazine rings is 1. The Kier molecular flexibility index (Phi) is 8.39. The minimum Gasteiger partial charge on any atom is -0.311 e. The van der Waals surface area contributed by atoms with E-state index >= 15 is 0 Å². The van der Waals surface area contributed by atoms with Crippen molar-refractivity contribution in [1.29, 1.82) is 0 Å². The van der Waals surface area contributed by atoms with Crippen LogP contribution in [-0.4, -0.2) is 54.5 Å². The lowest BCUT2D eigenvalue weighted by molar-refractivity contribution is -0.124. The third-order valence-corrected chi connectivity index (χ3v) is 7.37. The summed E-state index contributed by atoms with van der Waals surface area (Å²) in [5.41, 5.74) is 4.23. The second-order valence-electron chi connectivity index (χ2n) is 9.48. The van der Waals surface area contributed by atoms with Gasteiger partial charge in [-0.25, -0.2) is 8.78 Å². The van der Waals surface area contributed by atoms with Crippen molar-refractivity contribution >= 4 is 24.0 Å². The Morgan fingerprint density at radius 2 is 1.28 bits per heavy atom. The third-order valence-electron chi connectivity index (χ3n) is 7.37. The standard InChI is InChI=1S/C29H31F2N3O.ClH/c1-21(29(35)34-16-4-6-22-5-2-3-7-27(22)34)32-17-19-33(20-18-32)28(23-8-12-25(30)13-9-23)24-10-14-26(31)15-11-24;/h2-3,5,7-15,21,28H,4,6,16-20H2,1H3;1H. The zero-order chi connectivity index (χ0) is 24.4. The summed E-state index contributed by atoms with van der Waals surface area (Å²) in [4.78, 5) is 20.0. The maximum absolute atomic E-state index is 13.6. The fraction of sp³-hybridized carbons (Fsp3) is 0.345. The Balaban J connectivity index is 0.00000304. The van der Waals surface area contributed by atoms with Gasteiger partial charge in [0.1, 0.15) is 11.6 Å². The van der Waals surface area contributed by atoms with E-state index < -0.39 is 0 Å². The van der Waals surface area contributed by atoms with Crippen LogP contribution in [0.5, 0.6) is 0 Å². The molecular formula is C29H32ClF2N3O. The van der Waals surface area contributed by atoms with Crippen LogP contribution in [0.4, 0.5) is 14.5 Å². The summed E-state index contributed by atoms with van der Waals surface area (Å²) in [5, 5.41) is 0. The number of benzene rings is 3. The Morgan fingerprint density at radius 1 is 0.750 bits per heavy atom. The molecule has 3 aromatic rings. The largest absolute Gasteiger partial charge is 0.311 e. The van der Waals surface area contributed by atoms with Crippen LogP contribution in [0.3, 0.4) is 0 Å². The van der Waals surface area contributed by atoms with Crippen molar-refractivity contribution in [1.82, 2.24) is 9.80 Å². The number of amides is 1. The van der Waals surface area contributed by atoms with Gasteiger partial charge in [0.25, 0.3) is 0 Å². The van der Waals surface area contributed by atoms with Crippen LogP contribution in [0.1, 0.15) is 36.1 Å². The molecule has 5 rings (SSSR count). The highest BCUT2D eigenvalue weighted by Gasteiger charge is 2.33. The first kappa shape index (κ1) is 26.3. The first-order chi connectivity index (χ1) is 17.0. The summed E-state index contributed by atoms with van der Waals surface area (Å²) < 4.78 is 27.2. The monoisotopic (exact) mass is 511 g/mol. The second-order valence-corrected chi connectivity index (χ2v) is 9.48. The van der Waals surface area contributed by atoms with Crippen molar-refractivity contribution in [3.63, 3.8) is 0 Å². The molecule has 0 N–H and O–H groups in total. The molecule has 1 saturated heterocycles. The number of carbonyl (C=O) groups is 1. The smallest absolute Gasteiger partial charge is 0.244 e. The third kappa shape index (κ3) is 5.46. The maximum Gasteiger partial charge on any atom is 0.244 e. The van der Waals surface area contributed by atoms with Crippen LogP contribution in [0, 0.1) is 11.6 Å². The lowest BCUT2D eigenvalue weighted by Crippen LogP contribution is -2.55. The molecule has 36 heavy (non-hydrogen) atoms. The molecule has 0 radical (unpaired) electrons. The molecule has 0 bridgehead atoms. The van der Waals surface area contributed by atoms with E-state index in [1.54, 1.807) is 24.3 Å². The van der Waals surface area contributed by atoms with Crippen molar-refractivity contribution in [2.75, 3.05) is 37.6 Å². The van der Waals surface area contributed by atoms with Crippen molar-refractivity contribution < 1.29 is 13.6 Å². The number of halogens is 3. The molecule has 1 unspecified atom stereocenters. The Hall–Kier alpha value is -2.80. The summed E-state index contributed by atoms with van der Waals surface area (Å²) >= 11 is 0. The fourth-order valence-corrected chi connectivity index (χ4v) is 5.43. The fourth-order valence-electron chi connectivity index (χ4n) is 5.43. The minimum absolute atomic E-state index is 0. The molecule has 1 amide bonds. The molecule has 1 atom stereocenters. The summed E-state index contributed by atoms with van der Waals surface area (Å²) in [6.45, 7) is 5.79. The maximum atomic E-state index is 13.6. The molecule has 2 aliphatic rings. The number of rotatable bonds is 5. The van der Waals surface area contributed by atoms with Crippen LogP contribution in [0.2, 0.25) is 0 Å². The van der Waals surface area contributed by atoms with E-state index in [2.05, 4.69) is 15.9 Å². The average molecular weight is 512 g/mol. The average Bonchev–Trinajstić information content (AvgIpc) is 2.90. The van der Waals surface area contributed by atoms with Gasteiger partial charge in [0.2, 0.25) is 5.91 Å². The Bertz CT molecular complexity index is 1120. The number of para-hydroxylation sites is 1. The second kappa shape index (κ2) is 11.5. The van der Waals surface area contributed by atoms with Gasteiger partial charge < -0.3 is 4.90 Å². The number of fused-ring (bicyclic) bond motifs is 1. The predicted molar refractivity (Wildman–Crippen MR) is 142 cm³/mol. The Morgan fingerprint density at radius 3 is 1.86 bits per heavy atom. The molecule has 3 aromatic carbocycles. The molecule has 0 spiro atoms. The molecule has 7 heteroatoms. The van der Waals surface area contributed by atoms with E-state index in [1.165, 1.54) is 29.8 Å². The summed E-state index contributed by atoms with van der Waals surface area (Å²) in [6, 6.07) is 21.0. The van der Waals surface area contributed by atoms with Crippen LogP contribution in [0.15, 0.2) is 72.8 Å². The normalized spacial score (nSPS) is 17.4. The van der Waals surface area contributed by atoms with Gasteiger partial charge >= 0.3 is 0 Å². The van der Waals surface area contributed by atoms with Gasteiger partial charge in [-0.1, -0.05) is 42.5 Å². The lowest BCUT2D eigenvalue weighted by atomic mass is 9.96. The molecule has 2 heterocycles. The highest BCUT2D eigenvalue weighted by Crippen LogP contribution is 2.31. The summed E-state index contributed by atoms with van der Waals surface area (Å²) in [5.74, 6) is -0.398. The molecule has 4 nitrogen and oxygen atoms in total. The van der Waals surface area contributed by atoms with Crippen molar-refractivity contribution in [2.45, 2.75) is 31.8 Å². The van der Waals surface area contributed by atoms with Gasteiger partial charge in [0.15, 0.2) is 0 Å². The number of anilines is 1. The van der Waals surface area contributed by atoms with E-state index in [4.69, 9.17) is 0 Å². The molecule has 1 fully saturated rings. The molecular weight excluding hydrogens is 480 g/mol. The van der Waals surface area contributed by atoms with Gasteiger partial charge in [-0.2, -0.15) is 0 Å². The van der Waals surface area contributed by atoms with E-state index in [0.29, 0.717) is 0 Å². The SMILES string of the molecule is CC(C(=O)N1CCCc2ccccc21)N1CCN(C(c2ccc(F)cc2)c2ccc(F)cc2)CC1.Cl. The highest BCUT2D eigenvalue weighted by atomic mass is 35.5. The molecule has 0 aliphatic carbocycles. The molecule has 2 aliphatic heterocycles. The van der Waals surface area contributed by atoms with Gasteiger partial charge in [0.05, 0.1) is 12.1 Å². The molecule has 0 aromatic heterocycles. The predicted octanol–water partition coefficient (Wildman–Crippen LogP) is 5.46. The quantitative estimate of drug-likeness (QED) is 0.455. The van der Waals surface area contributed by atoms with Crippen molar-refractivity contribution in [2.24, 2.45) is 0 Å². The number of hydrogen-bond acceptors (Lipinski definition) is 3. The van der Waals surface area contributed by atoms with Crippen LogP contribution in [-0.2, 0) is 11.2 Å². The van der Waals surface area contributed by atoms with E-state index in [1.807, 2.05) is 30.0 Å². The highest BCUT2D eigenvalue weighted by molar-refractivity contribution is 5.98. The molecule has 0 saturated carbocycles. The van der Waals surface area contributed by atoms with Crippen LogP contribution >= 0.6 is 12.4 Å². The zero-order valence-corrected chi connectivity index (χ0v) is 21.3. The van der Waals surface area contributed by atoms with Gasteiger partial charge in [0, 0.05) is 38.4 Å². The number of carbonyl (C=O) groups excluding carboxylic acids is 1. The molecule has 190 valence electrons. The first-order valence-corrected chi connectivity index (χ1v) is 12.4. The van der Waals surface area contributed by atoms with Crippen LogP contribution in [0.25, 0.3) is 0 Å². The van der Waals surface area contributed by atoms with E-state index in [-0.39, 0.29) is 42.0 Å². The number of nitrogens with zero attached hydrogens (tertiary/aromatic N) is 3. The Labute approximate surface area is 217 Å². The van der Waals surface area contributed by atoms with Crippen LogP contribution < -0.4 is 4.90 Å². The number of hydrogen-bond donors (Lipinski definition) is 0. The minimum atomic E-state index is -0.275. The summed E-state index contributed by atoms with van der Waals surface area (Å²) in [6.07, 6.45) is 2.00. The summed E-state index contributed by atoms with van der Waals surface area (Å²) in [7, 11) is 0. The van der Waals surface area contributed by atoms with Crippen molar-refractivity contribution in [3.05, 3.63) is 101 Å². The first-order valence-electron chi connectivity index (χ1n) is 12.4. The van der Waals surface area contributed by atoms with Gasteiger partial charge in [-0.3, -0.25) is 14.6 Å². The van der Waals surface area contributed by atoms with E-state index in [0.717, 1.165) is 62.4 Å². The zero-order valence-electron chi connectivity index (χ0n) is 20.4. The lowest BCUT2D eigenvalue weighted by Gasteiger charge is -2.42. The van der Waals surface area contributed by atoms with Crippen molar-refractivity contribution in [3.8, 4) is 0 Å². The van der Waals surface area contributed by atoms with Gasteiger partial charge in [-0.05, 0) is 66.8 Å².